The lowest BCUT2D eigenvalue weighted by Crippen LogP contribution is -2.13. The lowest BCUT2D eigenvalue weighted by Gasteiger charge is -2.17. The van der Waals surface area contributed by atoms with E-state index in [9.17, 15) is 4.79 Å². The van der Waals surface area contributed by atoms with Crippen LogP contribution in [0.15, 0.2) is 99.3 Å². The molecule has 0 unspecified atom stereocenters. The first-order valence-corrected chi connectivity index (χ1v) is 12.4. The molecular weight excluding hydrogens is 472 g/mol. The molecule has 0 atom stereocenters. The van der Waals surface area contributed by atoms with Gasteiger partial charge >= 0.3 is 0 Å². The van der Waals surface area contributed by atoms with Gasteiger partial charge in [-0.1, -0.05) is 36.8 Å². The summed E-state index contributed by atoms with van der Waals surface area (Å²) in [7, 11) is 3.24. The van der Waals surface area contributed by atoms with Crippen molar-refractivity contribution in [3.8, 4) is 11.5 Å². The van der Waals surface area contributed by atoms with Crippen LogP contribution >= 0.6 is 11.9 Å². The normalized spacial score (nSPS) is 15.8. The number of aliphatic imine (C=N–C) groups is 1. The van der Waals surface area contributed by atoms with Crippen LogP contribution in [0, 0.1) is 0 Å². The average Bonchev–Trinajstić information content (AvgIpc) is 2.90. The van der Waals surface area contributed by atoms with E-state index in [2.05, 4.69) is 35.3 Å². The number of allylic oxidation sites excluding steroid dienone is 7. The molecule has 1 aliphatic carbocycles. The van der Waals surface area contributed by atoms with Crippen molar-refractivity contribution in [2.75, 3.05) is 24.9 Å². The summed E-state index contributed by atoms with van der Waals surface area (Å²) >= 11 is 1.41. The Morgan fingerprint density at radius 2 is 1.72 bits per heavy atom. The van der Waals surface area contributed by atoms with E-state index in [1.165, 1.54) is 17.5 Å². The summed E-state index contributed by atoms with van der Waals surface area (Å²) < 4.78 is 14.2. The maximum Gasteiger partial charge on any atom is 0.211 e. The molecule has 0 aliphatic heterocycles. The summed E-state index contributed by atoms with van der Waals surface area (Å²) in [4.78, 5) is 16.8. The van der Waals surface area contributed by atoms with Gasteiger partial charge in [-0.2, -0.15) is 0 Å². The van der Waals surface area contributed by atoms with Crippen LogP contribution in [0.1, 0.15) is 27.2 Å². The van der Waals surface area contributed by atoms with Crippen LogP contribution in [0.3, 0.4) is 0 Å². The summed E-state index contributed by atoms with van der Waals surface area (Å²) in [5.74, 6) is 2.03. The number of carbonyl (C=O) groups excluding carboxylic acids is 1. The molecule has 188 valence electrons. The SMILES string of the molecule is CC\C(C)=C1/C=CC=C/C1=N/C(NSc1cccc(NC=O)c1)=C(\C)Nc1cc(OC)cc(OC)c1. The monoisotopic (exact) mass is 504 g/mol. The van der Waals surface area contributed by atoms with Crippen LogP contribution in [0.5, 0.6) is 11.5 Å². The molecule has 2 aromatic rings. The van der Waals surface area contributed by atoms with Crippen molar-refractivity contribution in [1.82, 2.24) is 4.72 Å². The van der Waals surface area contributed by atoms with Gasteiger partial charge in [-0.05, 0) is 62.1 Å². The van der Waals surface area contributed by atoms with Gasteiger partial charge in [0.2, 0.25) is 6.41 Å². The Hall–Kier alpha value is -3.91. The van der Waals surface area contributed by atoms with Gasteiger partial charge < -0.3 is 24.8 Å². The number of carbonyl (C=O) groups is 1. The predicted molar refractivity (Wildman–Crippen MR) is 150 cm³/mol. The highest BCUT2D eigenvalue weighted by Crippen LogP contribution is 2.28. The zero-order valence-electron chi connectivity index (χ0n) is 21.2. The first-order valence-electron chi connectivity index (χ1n) is 11.5. The largest absolute Gasteiger partial charge is 0.497 e. The highest BCUT2D eigenvalue weighted by atomic mass is 32.2. The van der Waals surface area contributed by atoms with E-state index in [0.29, 0.717) is 23.7 Å². The van der Waals surface area contributed by atoms with Crippen LogP contribution in [0.25, 0.3) is 0 Å². The molecule has 0 fully saturated rings. The molecule has 0 aromatic heterocycles. The van der Waals surface area contributed by atoms with Crippen LogP contribution in [0.2, 0.25) is 0 Å². The van der Waals surface area contributed by atoms with Crippen LogP contribution in [-0.4, -0.2) is 26.3 Å². The van der Waals surface area contributed by atoms with E-state index in [1.807, 2.05) is 67.6 Å². The average molecular weight is 505 g/mol. The van der Waals surface area contributed by atoms with Gasteiger partial charge in [0, 0.05) is 34.5 Å². The second kappa shape index (κ2) is 13.3. The Labute approximate surface area is 217 Å². The Morgan fingerprint density at radius 3 is 2.39 bits per heavy atom. The number of amides is 1. The van der Waals surface area contributed by atoms with Crippen LogP contribution < -0.4 is 24.8 Å². The zero-order chi connectivity index (χ0) is 25.9. The number of anilines is 2. The van der Waals surface area contributed by atoms with Crippen LogP contribution in [-0.2, 0) is 4.79 Å². The quantitative estimate of drug-likeness (QED) is 0.240. The summed E-state index contributed by atoms with van der Waals surface area (Å²) in [5.41, 5.74) is 5.58. The molecule has 36 heavy (non-hydrogen) atoms. The molecule has 1 amide bonds. The minimum Gasteiger partial charge on any atom is -0.497 e. The topological polar surface area (TPSA) is 84.0 Å². The molecule has 0 spiro atoms. The Bertz CT molecular complexity index is 1220. The number of nitrogens with one attached hydrogen (secondary N) is 3. The summed E-state index contributed by atoms with van der Waals surface area (Å²) in [6.45, 7) is 6.22. The van der Waals surface area contributed by atoms with Crippen molar-refractivity contribution < 1.29 is 14.3 Å². The maximum atomic E-state index is 10.8. The molecule has 8 heteroatoms. The fourth-order valence-electron chi connectivity index (χ4n) is 3.41. The molecule has 0 saturated heterocycles. The standard InChI is InChI=1S/C28H32N4O3S/c1-6-19(2)26-12-7-8-13-27(26)31-28(32-36-25-11-9-10-21(16-25)29-18-33)20(3)30-22-14-23(34-4)17-24(15-22)35-5/h7-18,30,32H,6H2,1-5H3,(H,29,33)/b26-19+,28-20-,31-27-. The first-order chi connectivity index (χ1) is 17.5. The van der Waals surface area contributed by atoms with Gasteiger partial charge in [-0.15, -0.1) is 0 Å². The van der Waals surface area contributed by atoms with Crippen molar-refractivity contribution in [3.05, 3.63) is 89.4 Å². The number of methoxy groups -OCH3 is 2. The van der Waals surface area contributed by atoms with E-state index >= 15 is 0 Å². The molecule has 3 rings (SSSR count). The number of ether oxygens (including phenoxy) is 2. The summed E-state index contributed by atoms with van der Waals surface area (Å²) in [6, 6.07) is 13.2. The van der Waals surface area contributed by atoms with Gasteiger partial charge in [-0.3, -0.25) is 4.79 Å². The van der Waals surface area contributed by atoms with E-state index in [4.69, 9.17) is 14.5 Å². The number of benzene rings is 2. The van der Waals surface area contributed by atoms with Gasteiger partial charge in [0.15, 0.2) is 5.82 Å². The van der Waals surface area contributed by atoms with Crippen molar-refractivity contribution in [2.45, 2.75) is 32.1 Å². The van der Waals surface area contributed by atoms with Crippen molar-refractivity contribution in [1.29, 1.82) is 0 Å². The van der Waals surface area contributed by atoms with E-state index in [0.717, 1.165) is 39.7 Å². The molecule has 2 aromatic carbocycles. The Morgan fingerprint density at radius 1 is 1.00 bits per heavy atom. The Kier molecular flexibility index (Phi) is 9.82. The highest BCUT2D eigenvalue weighted by molar-refractivity contribution is 7.97. The second-order valence-electron chi connectivity index (χ2n) is 7.96. The number of rotatable bonds is 11. The second-order valence-corrected chi connectivity index (χ2v) is 8.84. The molecule has 3 N–H and O–H groups in total. The van der Waals surface area contributed by atoms with Gasteiger partial charge in [0.1, 0.15) is 11.5 Å². The molecule has 0 saturated carbocycles. The molecule has 0 radical (unpaired) electrons. The lowest BCUT2D eigenvalue weighted by atomic mass is 9.98. The van der Waals surface area contributed by atoms with Crippen molar-refractivity contribution >= 4 is 35.4 Å². The predicted octanol–water partition coefficient (Wildman–Crippen LogP) is 6.46. The lowest BCUT2D eigenvalue weighted by molar-refractivity contribution is -0.105. The van der Waals surface area contributed by atoms with E-state index < -0.39 is 0 Å². The fraction of sp³-hybridized carbons (Fsp3) is 0.214. The molecule has 0 heterocycles. The molecular formula is C28H32N4O3S. The highest BCUT2D eigenvalue weighted by Gasteiger charge is 2.12. The van der Waals surface area contributed by atoms with Gasteiger partial charge in [0.05, 0.1) is 25.6 Å². The van der Waals surface area contributed by atoms with Gasteiger partial charge in [-0.25, -0.2) is 4.99 Å². The van der Waals surface area contributed by atoms with Crippen LogP contribution in [0.4, 0.5) is 11.4 Å². The smallest absolute Gasteiger partial charge is 0.211 e. The summed E-state index contributed by atoms with van der Waals surface area (Å²) in [6.07, 6.45) is 9.71. The summed E-state index contributed by atoms with van der Waals surface area (Å²) in [5, 5.41) is 6.11. The minimum atomic E-state index is 0.659. The minimum absolute atomic E-state index is 0.659. The van der Waals surface area contributed by atoms with E-state index in [-0.39, 0.29) is 0 Å². The van der Waals surface area contributed by atoms with Gasteiger partial charge in [0.25, 0.3) is 0 Å². The third-order valence-electron chi connectivity index (χ3n) is 5.49. The molecule has 0 bridgehead atoms. The molecule has 7 nitrogen and oxygen atoms in total. The third kappa shape index (κ3) is 7.29. The number of nitrogens with zero attached hydrogens (tertiary/aromatic N) is 1. The Balaban J connectivity index is 1.99. The number of hydrogen-bond donors (Lipinski definition) is 3. The van der Waals surface area contributed by atoms with Crippen molar-refractivity contribution in [2.24, 2.45) is 4.99 Å². The fourth-order valence-corrected chi connectivity index (χ4v) is 4.15. The first kappa shape index (κ1) is 26.7. The molecule has 1 aliphatic rings. The third-order valence-corrected chi connectivity index (χ3v) is 6.28. The maximum absolute atomic E-state index is 10.8. The van der Waals surface area contributed by atoms with Crippen molar-refractivity contribution in [3.63, 3.8) is 0 Å². The zero-order valence-corrected chi connectivity index (χ0v) is 22.0. The number of hydrogen-bond acceptors (Lipinski definition) is 7. The van der Waals surface area contributed by atoms with E-state index in [1.54, 1.807) is 14.2 Å².